The van der Waals surface area contributed by atoms with Crippen LogP contribution in [0.4, 0.5) is 8.78 Å². The SMILES string of the molecule is CC(C)n1c(CC[C@@H](O)C[C@@H](O)CC(=O)O)c(-c2ccc(F)cc2)c(-c2ccccc2)c1C(=O)NCc1ccc(F)cc1.[NaH]. The molecule has 0 aliphatic carbocycles. The van der Waals surface area contributed by atoms with E-state index >= 15 is 0 Å². The second-order valence-electron chi connectivity index (χ2n) is 10.9. The maximum atomic E-state index is 14.0. The van der Waals surface area contributed by atoms with Gasteiger partial charge in [0, 0.05) is 29.4 Å². The van der Waals surface area contributed by atoms with Gasteiger partial charge in [0.25, 0.3) is 5.91 Å². The van der Waals surface area contributed by atoms with E-state index in [0.717, 1.165) is 16.8 Å². The summed E-state index contributed by atoms with van der Waals surface area (Å²) in [5.41, 5.74) is 4.66. The Kier molecular flexibility index (Phi) is 12.9. The van der Waals surface area contributed by atoms with Gasteiger partial charge in [-0.1, -0.05) is 54.6 Å². The third-order valence-corrected chi connectivity index (χ3v) is 7.27. The van der Waals surface area contributed by atoms with Crippen LogP contribution in [-0.4, -0.2) is 73.5 Å². The standard InChI is InChI=1S/C34H36F2N2O5.Na.H/c1-21(2)38-29(17-16-27(39)18-28(40)19-30(41)42)31(24-10-14-26(36)15-11-24)32(23-6-4-3-5-7-23)33(38)34(43)37-20-22-8-12-25(35)13-9-22;;/h3-15,21,27-28,39-40H,16-20H2,1-2H3,(H,37,43)(H,41,42);;/t27-,28-;;/m1../s1. The van der Waals surface area contributed by atoms with Crippen molar-refractivity contribution in [3.05, 3.63) is 107 Å². The predicted octanol–water partition coefficient (Wildman–Crippen LogP) is 5.48. The second-order valence-corrected chi connectivity index (χ2v) is 10.9. The van der Waals surface area contributed by atoms with Gasteiger partial charge in [-0.25, -0.2) is 8.78 Å². The summed E-state index contributed by atoms with van der Waals surface area (Å²) >= 11 is 0. The summed E-state index contributed by atoms with van der Waals surface area (Å²) in [7, 11) is 0. The molecule has 228 valence electrons. The number of nitrogens with zero attached hydrogens (tertiary/aromatic N) is 1. The predicted molar refractivity (Wildman–Crippen MR) is 168 cm³/mol. The van der Waals surface area contributed by atoms with E-state index in [2.05, 4.69) is 5.32 Å². The van der Waals surface area contributed by atoms with Gasteiger partial charge in [-0.2, -0.15) is 0 Å². The summed E-state index contributed by atoms with van der Waals surface area (Å²) in [5, 5.41) is 32.8. The number of rotatable bonds is 13. The van der Waals surface area contributed by atoms with Gasteiger partial charge in [-0.15, -0.1) is 0 Å². The van der Waals surface area contributed by atoms with Crippen molar-refractivity contribution >= 4 is 41.4 Å². The van der Waals surface area contributed by atoms with Crippen LogP contribution >= 0.6 is 0 Å². The topological polar surface area (TPSA) is 112 Å². The fourth-order valence-corrected chi connectivity index (χ4v) is 5.38. The number of aliphatic hydroxyl groups excluding tert-OH is 2. The second kappa shape index (κ2) is 16.1. The molecule has 1 heterocycles. The van der Waals surface area contributed by atoms with E-state index in [1.54, 1.807) is 24.3 Å². The van der Waals surface area contributed by atoms with E-state index in [1.807, 2.05) is 48.7 Å². The molecule has 4 rings (SSSR count). The van der Waals surface area contributed by atoms with Crippen molar-refractivity contribution in [2.45, 2.75) is 64.3 Å². The zero-order valence-electron chi connectivity index (χ0n) is 24.1. The van der Waals surface area contributed by atoms with Crippen molar-refractivity contribution in [2.24, 2.45) is 0 Å². The zero-order chi connectivity index (χ0) is 31.1. The van der Waals surface area contributed by atoms with Gasteiger partial charge in [0.15, 0.2) is 0 Å². The molecule has 0 saturated carbocycles. The molecule has 0 bridgehead atoms. The average Bonchev–Trinajstić information content (AvgIpc) is 3.31. The number of aliphatic hydroxyl groups is 2. The third-order valence-electron chi connectivity index (χ3n) is 7.27. The van der Waals surface area contributed by atoms with Gasteiger partial charge in [-0.3, -0.25) is 9.59 Å². The molecule has 0 saturated heterocycles. The van der Waals surface area contributed by atoms with Gasteiger partial charge in [0.2, 0.25) is 0 Å². The first-order valence-corrected chi connectivity index (χ1v) is 14.2. The van der Waals surface area contributed by atoms with Crippen LogP contribution < -0.4 is 5.32 Å². The summed E-state index contributed by atoms with van der Waals surface area (Å²) in [6.07, 6.45) is -2.31. The Balaban J connectivity index is 0.00000529. The molecule has 1 amide bonds. The van der Waals surface area contributed by atoms with Crippen molar-refractivity contribution in [2.75, 3.05) is 0 Å². The van der Waals surface area contributed by atoms with Crippen molar-refractivity contribution in [1.82, 2.24) is 9.88 Å². The normalized spacial score (nSPS) is 12.4. The maximum absolute atomic E-state index is 14.0. The van der Waals surface area contributed by atoms with Crippen LogP contribution in [-0.2, 0) is 17.8 Å². The van der Waals surface area contributed by atoms with E-state index in [9.17, 15) is 28.6 Å². The monoisotopic (exact) mass is 614 g/mol. The number of aliphatic carboxylic acids is 1. The molecule has 0 radical (unpaired) electrons. The van der Waals surface area contributed by atoms with Gasteiger partial charge < -0.3 is 25.2 Å². The fourth-order valence-electron chi connectivity index (χ4n) is 5.38. The minimum atomic E-state index is -1.20. The van der Waals surface area contributed by atoms with Crippen molar-refractivity contribution in [3.8, 4) is 22.3 Å². The molecule has 2 atom stereocenters. The number of halogens is 2. The van der Waals surface area contributed by atoms with Crippen LogP contribution in [0.15, 0.2) is 78.9 Å². The van der Waals surface area contributed by atoms with Gasteiger partial charge in [0.05, 0.1) is 18.6 Å². The van der Waals surface area contributed by atoms with Crippen LogP contribution in [0.1, 0.15) is 60.9 Å². The van der Waals surface area contributed by atoms with Crippen LogP contribution in [0.2, 0.25) is 0 Å². The molecular weight excluding hydrogens is 577 g/mol. The Hall–Kier alpha value is -3.34. The Labute approximate surface area is 277 Å². The molecule has 0 aliphatic rings. The summed E-state index contributed by atoms with van der Waals surface area (Å²) in [6, 6.07) is 21.1. The molecule has 3 aromatic carbocycles. The number of carbonyl (C=O) groups excluding carboxylic acids is 1. The fraction of sp³-hybridized carbons (Fsp3) is 0.294. The number of carboxylic acids is 1. The number of hydrogen-bond acceptors (Lipinski definition) is 4. The van der Waals surface area contributed by atoms with E-state index in [1.165, 1.54) is 24.3 Å². The Morgan fingerprint density at radius 2 is 1.39 bits per heavy atom. The van der Waals surface area contributed by atoms with Gasteiger partial charge >= 0.3 is 35.5 Å². The average molecular weight is 615 g/mol. The summed E-state index contributed by atoms with van der Waals surface area (Å²) in [4.78, 5) is 25.0. The molecule has 4 aromatic rings. The molecule has 0 unspecified atom stereocenters. The number of nitrogens with one attached hydrogen (secondary N) is 1. The Morgan fingerprint density at radius 1 is 0.818 bits per heavy atom. The first-order valence-electron chi connectivity index (χ1n) is 14.2. The molecule has 10 heteroatoms. The number of carboxylic acid groups (broad SMARTS) is 1. The molecule has 4 N–H and O–H groups in total. The number of hydrogen-bond donors (Lipinski definition) is 4. The minimum absolute atomic E-state index is 0. The number of amides is 1. The van der Waals surface area contributed by atoms with Crippen molar-refractivity contribution < 1.29 is 33.7 Å². The summed E-state index contributed by atoms with van der Waals surface area (Å²) < 4.78 is 29.4. The molecule has 44 heavy (non-hydrogen) atoms. The summed E-state index contributed by atoms with van der Waals surface area (Å²) in [5.74, 6) is -2.30. The molecule has 1 aromatic heterocycles. The van der Waals surface area contributed by atoms with E-state index < -0.39 is 30.4 Å². The third kappa shape index (κ3) is 8.86. The number of benzene rings is 3. The number of carbonyl (C=O) groups is 2. The zero-order valence-corrected chi connectivity index (χ0v) is 24.1. The molecule has 0 aliphatic heterocycles. The van der Waals surface area contributed by atoms with E-state index in [0.29, 0.717) is 22.4 Å². The molecule has 0 fully saturated rings. The first-order chi connectivity index (χ1) is 20.5. The Morgan fingerprint density at radius 3 is 1.95 bits per heavy atom. The van der Waals surface area contributed by atoms with Crippen LogP contribution in [0.25, 0.3) is 22.3 Å². The molecular formula is C34H37F2N2NaO5. The van der Waals surface area contributed by atoms with Crippen molar-refractivity contribution in [1.29, 1.82) is 0 Å². The van der Waals surface area contributed by atoms with Crippen LogP contribution in [0, 0.1) is 11.6 Å². The van der Waals surface area contributed by atoms with Crippen LogP contribution in [0.3, 0.4) is 0 Å². The van der Waals surface area contributed by atoms with Crippen LogP contribution in [0.5, 0.6) is 0 Å². The number of aromatic nitrogens is 1. The first kappa shape index (κ1) is 35.1. The quantitative estimate of drug-likeness (QED) is 0.149. The van der Waals surface area contributed by atoms with Gasteiger partial charge in [-0.05, 0) is 74.1 Å². The van der Waals surface area contributed by atoms with Crippen molar-refractivity contribution in [3.63, 3.8) is 0 Å². The summed E-state index contributed by atoms with van der Waals surface area (Å²) in [6.45, 7) is 4.05. The van der Waals surface area contributed by atoms with Gasteiger partial charge in [0.1, 0.15) is 17.3 Å². The van der Waals surface area contributed by atoms with E-state index in [4.69, 9.17) is 5.11 Å². The Bertz CT molecular complexity index is 1540. The molecule has 7 nitrogen and oxygen atoms in total. The molecule has 0 spiro atoms. The van der Waals surface area contributed by atoms with E-state index in [-0.39, 0.29) is 73.1 Å².